The monoisotopic (exact) mass is 302 g/mol. The lowest BCUT2D eigenvalue weighted by Gasteiger charge is -2.13. The van der Waals surface area contributed by atoms with Crippen LogP contribution in [0.4, 0.5) is 10.1 Å². The van der Waals surface area contributed by atoms with Gasteiger partial charge in [0, 0.05) is 12.1 Å². The number of anilines is 1. The molecule has 1 heterocycles. The van der Waals surface area contributed by atoms with Crippen molar-refractivity contribution in [1.29, 1.82) is 0 Å². The summed E-state index contributed by atoms with van der Waals surface area (Å²) in [4.78, 5) is 11.4. The third kappa shape index (κ3) is 3.54. The van der Waals surface area contributed by atoms with E-state index >= 15 is 0 Å². The van der Waals surface area contributed by atoms with Gasteiger partial charge in [-0.3, -0.25) is 0 Å². The molecule has 1 fully saturated rings. The number of thiocarbonyl (C=S) groups is 1. The highest BCUT2D eigenvalue weighted by molar-refractivity contribution is 7.80. The minimum Gasteiger partial charge on any atom is -0.461 e. The fourth-order valence-electron chi connectivity index (χ4n) is 1.77. The fourth-order valence-corrected chi connectivity index (χ4v) is 2.21. The minimum absolute atomic E-state index is 0.00157. The highest BCUT2D eigenvalue weighted by atomic mass is 35.5. The number of carbonyl (C=O) groups is 1. The maximum Gasteiger partial charge on any atom is 0.329 e. The van der Waals surface area contributed by atoms with Crippen LogP contribution in [0.1, 0.15) is 13.3 Å². The maximum absolute atomic E-state index is 13.0. The van der Waals surface area contributed by atoms with Crippen LogP contribution in [0.25, 0.3) is 0 Å². The highest BCUT2D eigenvalue weighted by Gasteiger charge is 2.32. The Hall–Kier alpha value is -1.40. The van der Waals surface area contributed by atoms with E-state index in [4.69, 9.17) is 28.6 Å². The van der Waals surface area contributed by atoms with Gasteiger partial charge in [0.1, 0.15) is 18.0 Å². The van der Waals surface area contributed by atoms with Crippen molar-refractivity contribution in [2.45, 2.75) is 25.5 Å². The standard InChI is InChI=1S/C12H12ClFN2O2S/c1-6-4-10(11(17)18-6)16-12(19)15-7-2-3-9(14)8(13)5-7/h2-3,5-6,10H,4H2,1H3,(H2,15,16,19)/t6-,10+/m1/s1. The van der Waals surface area contributed by atoms with E-state index in [1.807, 2.05) is 6.92 Å². The maximum atomic E-state index is 13.0. The Morgan fingerprint density at radius 3 is 2.89 bits per heavy atom. The normalized spacial score (nSPS) is 21.9. The van der Waals surface area contributed by atoms with Gasteiger partial charge in [0.2, 0.25) is 0 Å². The molecular formula is C12H12ClFN2O2S. The van der Waals surface area contributed by atoms with Gasteiger partial charge in [-0.2, -0.15) is 0 Å². The molecule has 0 saturated carbocycles. The van der Waals surface area contributed by atoms with Crippen molar-refractivity contribution >= 4 is 40.6 Å². The van der Waals surface area contributed by atoms with Crippen LogP contribution in [0.3, 0.4) is 0 Å². The lowest BCUT2D eigenvalue weighted by Crippen LogP contribution is -2.40. The predicted molar refractivity (Wildman–Crippen MR) is 74.7 cm³/mol. The molecule has 2 rings (SSSR count). The average Bonchev–Trinajstić information content (AvgIpc) is 2.62. The van der Waals surface area contributed by atoms with Gasteiger partial charge >= 0.3 is 5.97 Å². The predicted octanol–water partition coefficient (Wildman–Crippen LogP) is 2.47. The summed E-state index contributed by atoms with van der Waals surface area (Å²) in [6.45, 7) is 1.82. The zero-order valence-corrected chi connectivity index (χ0v) is 11.6. The van der Waals surface area contributed by atoms with E-state index < -0.39 is 11.9 Å². The molecule has 0 radical (unpaired) electrons. The van der Waals surface area contributed by atoms with E-state index in [0.717, 1.165) is 0 Å². The quantitative estimate of drug-likeness (QED) is 0.649. The first-order chi connectivity index (χ1) is 8.95. The molecular weight excluding hydrogens is 291 g/mol. The molecule has 2 N–H and O–H groups in total. The van der Waals surface area contributed by atoms with Crippen LogP contribution in [0, 0.1) is 5.82 Å². The molecule has 1 aromatic carbocycles. The highest BCUT2D eigenvalue weighted by Crippen LogP contribution is 2.19. The van der Waals surface area contributed by atoms with Crippen molar-refractivity contribution in [3.05, 3.63) is 29.0 Å². The Bertz CT molecular complexity index is 526. The molecule has 19 heavy (non-hydrogen) atoms. The van der Waals surface area contributed by atoms with Gasteiger partial charge in [-0.1, -0.05) is 11.6 Å². The van der Waals surface area contributed by atoms with Crippen molar-refractivity contribution in [2.75, 3.05) is 5.32 Å². The number of cyclic esters (lactones) is 1. The Labute approximate surface area is 120 Å². The molecule has 102 valence electrons. The molecule has 1 saturated heterocycles. The Balaban J connectivity index is 1.94. The second-order valence-electron chi connectivity index (χ2n) is 4.26. The average molecular weight is 303 g/mol. The molecule has 0 aliphatic carbocycles. The summed E-state index contributed by atoms with van der Waals surface area (Å²) in [6, 6.07) is 3.70. The number of rotatable bonds is 2. The number of esters is 1. The second kappa shape index (κ2) is 5.71. The van der Waals surface area contributed by atoms with Crippen molar-refractivity contribution in [2.24, 2.45) is 0 Å². The van der Waals surface area contributed by atoms with Crippen LogP contribution in [0.5, 0.6) is 0 Å². The molecule has 0 bridgehead atoms. The lowest BCUT2D eigenvalue weighted by atomic mass is 10.2. The van der Waals surface area contributed by atoms with E-state index in [2.05, 4.69) is 10.6 Å². The number of carbonyl (C=O) groups excluding carboxylic acids is 1. The van der Waals surface area contributed by atoms with Gasteiger partial charge < -0.3 is 15.4 Å². The molecule has 4 nitrogen and oxygen atoms in total. The van der Waals surface area contributed by atoms with Crippen LogP contribution < -0.4 is 10.6 Å². The Morgan fingerprint density at radius 2 is 2.32 bits per heavy atom. The topological polar surface area (TPSA) is 50.4 Å². The molecule has 0 amide bonds. The Morgan fingerprint density at radius 1 is 1.58 bits per heavy atom. The van der Waals surface area contributed by atoms with Gasteiger partial charge in [0.05, 0.1) is 5.02 Å². The van der Waals surface area contributed by atoms with E-state index in [9.17, 15) is 9.18 Å². The van der Waals surface area contributed by atoms with Crippen LogP contribution >= 0.6 is 23.8 Å². The summed E-state index contributed by atoms with van der Waals surface area (Å²) in [5, 5.41) is 5.95. The molecule has 1 aliphatic rings. The first-order valence-electron chi connectivity index (χ1n) is 5.69. The first kappa shape index (κ1) is 14.0. The minimum atomic E-state index is -0.501. The number of halogens is 2. The SMILES string of the molecule is C[C@@H]1C[C@H](NC(=S)Nc2ccc(F)c(Cl)c2)C(=O)O1. The second-order valence-corrected chi connectivity index (χ2v) is 5.08. The lowest BCUT2D eigenvalue weighted by molar-refractivity contribution is -0.142. The number of ether oxygens (including phenoxy) is 1. The zero-order chi connectivity index (χ0) is 14.0. The molecule has 0 unspecified atom stereocenters. The van der Waals surface area contributed by atoms with Crippen molar-refractivity contribution in [1.82, 2.24) is 5.32 Å². The van der Waals surface area contributed by atoms with Crippen LogP contribution in [0.15, 0.2) is 18.2 Å². The molecule has 7 heteroatoms. The van der Waals surface area contributed by atoms with Crippen LogP contribution in [-0.4, -0.2) is 23.2 Å². The molecule has 1 aliphatic heterocycles. The summed E-state index contributed by atoms with van der Waals surface area (Å²) < 4.78 is 18.0. The van der Waals surface area contributed by atoms with E-state index in [-0.39, 0.29) is 22.2 Å². The summed E-state index contributed by atoms with van der Waals surface area (Å²) in [7, 11) is 0. The number of hydrogen-bond donors (Lipinski definition) is 2. The summed E-state index contributed by atoms with van der Waals surface area (Å²) >= 11 is 10.7. The third-order valence-electron chi connectivity index (χ3n) is 2.65. The summed E-state index contributed by atoms with van der Waals surface area (Å²) in [5.41, 5.74) is 0.545. The summed E-state index contributed by atoms with van der Waals surface area (Å²) in [5.74, 6) is -0.826. The van der Waals surface area contributed by atoms with Gasteiger partial charge in [0.25, 0.3) is 0 Å². The smallest absolute Gasteiger partial charge is 0.329 e. The van der Waals surface area contributed by atoms with E-state index in [1.54, 1.807) is 0 Å². The van der Waals surface area contributed by atoms with Crippen molar-refractivity contribution < 1.29 is 13.9 Å². The molecule has 0 spiro atoms. The third-order valence-corrected chi connectivity index (χ3v) is 3.16. The van der Waals surface area contributed by atoms with Gasteiger partial charge in [-0.25, -0.2) is 9.18 Å². The zero-order valence-electron chi connectivity index (χ0n) is 10.1. The van der Waals surface area contributed by atoms with Crippen LogP contribution in [-0.2, 0) is 9.53 Å². The number of hydrogen-bond acceptors (Lipinski definition) is 3. The Kier molecular flexibility index (Phi) is 4.21. The van der Waals surface area contributed by atoms with E-state index in [0.29, 0.717) is 12.1 Å². The largest absolute Gasteiger partial charge is 0.461 e. The summed E-state index contributed by atoms with van der Waals surface area (Å²) in [6.07, 6.45) is 0.443. The van der Waals surface area contributed by atoms with Crippen molar-refractivity contribution in [3.8, 4) is 0 Å². The number of benzene rings is 1. The number of nitrogens with one attached hydrogen (secondary N) is 2. The van der Waals surface area contributed by atoms with Gasteiger partial charge in [-0.05, 0) is 37.3 Å². The molecule has 2 atom stereocenters. The van der Waals surface area contributed by atoms with Crippen molar-refractivity contribution in [3.63, 3.8) is 0 Å². The molecule has 0 aromatic heterocycles. The molecule has 1 aromatic rings. The van der Waals surface area contributed by atoms with Crippen LogP contribution in [0.2, 0.25) is 5.02 Å². The van der Waals surface area contributed by atoms with Gasteiger partial charge in [-0.15, -0.1) is 0 Å². The fraction of sp³-hybridized carbons (Fsp3) is 0.333. The first-order valence-corrected chi connectivity index (χ1v) is 6.47. The van der Waals surface area contributed by atoms with Gasteiger partial charge in [0.15, 0.2) is 5.11 Å². The van der Waals surface area contributed by atoms with E-state index in [1.165, 1.54) is 18.2 Å².